The third kappa shape index (κ3) is 3.76. The lowest BCUT2D eigenvalue weighted by Gasteiger charge is -2.55. The van der Waals surface area contributed by atoms with Crippen LogP contribution in [-0.4, -0.2) is 47.1 Å². The standard InChI is InChI=1S/C27H30F3NO7/c28-18-2-1-13(6-19(18)29)11-36-20-7-17-21(26(17,30)22(32)33)27(20,31)24(35)38-12-37-23(34)25-8-14-3-15(9-25)5-16(4-14)10-25/h1-2,6,14-17,20-21H,3-5,7-12,31H2,(H,32,33)/t14?,15?,16?,17-,20-,21+,25?,26-,27+/m1/s1. The number of benzene rings is 1. The molecule has 0 radical (unpaired) electrons. The van der Waals surface area contributed by atoms with Crippen LogP contribution in [0.25, 0.3) is 0 Å². The van der Waals surface area contributed by atoms with E-state index in [1.165, 1.54) is 6.07 Å². The molecular formula is C27H30F3NO7. The number of fused-ring (bicyclic) bond motifs is 1. The van der Waals surface area contributed by atoms with Crippen molar-refractivity contribution in [2.75, 3.05) is 6.79 Å². The van der Waals surface area contributed by atoms with Gasteiger partial charge in [-0.3, -0.25) is 4.79 Å². The summed E-state index contributed by atoms with van der Waals surface area (Å²) in [5.41, 5.74) is 1.13. The van der Waals surface area contributed by atoms with Gasteiger partial charge < -0.3 is 25.1 Å². The van der Waals surface area contributed by atoms with E-state index < -0.39 is 70.9 Å². The molecule has 4 bridgehead atoms. The number of carbonyl (C=O) groups excluding carboxylic acids is 2. The van der Waals surface area contributed by atoms with Crippen molar-refractivity contribution >= 4 is 17.9 Å². The van der Waals surface area contributed by atoms with Gasteiger partial charge in [0.15, 0.2) is 11.6 Å². The van der Waals surface area contributed by atoms with Crippen LogP contribution in [-0.2, 0) is 35.2 Å². The normalized spacial score (nSPS) is 42.0. The van der Waals surface area contributed by atoms with Gasteiger partial charge in [0.25, 0.3) is 0 Å². The molecule has 0 saturated heterocycles. The van der Waals surface area contributed by atoms with E-state index in [9.17, 15) is 28.3 Å². The van der Waals surface area contributed by atoms with Crippen molar-refractivity contribution in [2.24, 2.45) is 40.7 Å². The summed E-state index contributed by atoms with van der Waals surface area (Å²) < 4.78 is 58.3. The SMILES string of the molecule is N[C@]1(C(=O)OCOC(=O)C23CC4CC(CC(C4)C2)C3)[C@H]2[C@@H](C[C@H]1OCc1ccc(F)c(F)c1)[C@]2(F)C(=O)O. The van der Waals surface area contributed by atoms with Crippen LogP contribution in [0.1, 0.15) is 50.5 Å². The number of esters is 2. The van der Waals surface area contributed by atoms with E-state index in [0.717, 1.165) is 50.7 Å². The van der Waals surface area contributed by atoms with E-state index in [4.69, 9.17) is 19.9 Å². The Balaban J connectivity index is 1.12. The van der Waals surface area contributed by atoms with Crippen molar-refractivity contribution in [1.82, 2.24) is 0 Å². The highest BCUT2D eigenvalue weighted by Gasteiger charge is 2.85. The predicted octanol–water partition coefficient (Wildman–Crippen LogP) is 3.25. The first-order valence-electron chi connectivity index (χ1n) is 13.1. The second-order valence-electron chi connectivity index (χ2n) is 12.1. The molecule has 5 atom stereocenters. The molecule has 0 heterocycles. The lowest BCUT2D eigenvalue weighted by atomic mass is 9.49. The van der Waals surface area contributed by atoms with E-state index >= 15 is 4.39 Å². The van der Waals surface area contributed by atoms with E-state index in [0.29, 0.717) is 17.8 Å². The first-order chi connectivity index (χ1) is 18.0. The van der Waals surface area contributed by atoms with Gasteiger partial charge in [-0.05, 0) is 80.4 Å². The molecule has 8 nitrogen and oxygen atoms in total. The lowest BCUT2D eigenvalue weighted by molar-refractivity contribution is -0.190. The van der Waals surface area contributed by atoms with Crippen LogP contribution in [0.3, 0.4) is 0 Å². The quantitative estimate of drug-likeness (QED) is 0.383. The maximum Gasteiger partial charge on any atom is 0.342 e. The Morgan fingerprint density at radius 2 is 1.55 bits per heavy atom. The predicted molar refractivity (Wildman–Crippen MR) is 123 cm³/mol. The third-order valence-electron chi connectivity index (χ3n) is 9.77. The van der Waals surface area contributed by atoms with Gasteiger partial charge >= 0.3 is 17.9 Å². The summed E-state index contributed by atoms with van der Waals surface area (Å²) in [7, 11) is 0. The zero-order valence-corrected chi connectivity index (χ0v) is 20.7. The number of carboxylic acid groups (broad SMARTS) is 1. The number of alkyl halides is 1. The number of nitrogens with two attached hydrogens (primary N) is 1. The molecule has 6 fully saturated rings. The smallest absolute Gasteiger partial charge is 0.342 e. The molecule has 1 aromatic rings. The number of hydrogen-bond donors (Lipinski definition) is 2. The summed E-state index contributed by atoms with van der Waals surface area (Å²) >= 11 is 0. The Bertz CT molecular complexity index is 1160. The Hall–Kier alpha value is -2.66. The molecule has 6 aliphatic carbocycles. The van der Waals surface area contributed by atoms with Gasteiger partial charge in [0.05, 0.1) is 18.1 Å². The van der Waals surface area contributed by atoms with Crippen LogP contribution in [0.2, 0.25) is 0 Å². The van der Waals surface area contributed by atoms with E-state index in [-0.39, 0.29) is 18.6 Å². The minimum Gasteiger partial charge on any atom is -0.479 e. The van der Waals surface area contributed by atoms with Gasteiger partial charge in [0.2, 0.25) is 12.5 Å². The fourth-order valence-electron chi connectivity index (χ4n) is 8.40. The molecule has 6 saturated carbocycles. The molecule has 1 aromatic carbocycles. The molecule has 11 heteroatoms. The highest BCUT2D eigenvalue weighted by atomic mass is 19.2. The molecular weight excluding hydrogens is 507 g/mol. The second-order valence-corrected chi connectivity index (χ2v) is 12.1. The number of ether oxygens (including phenoxy) is 3. The fourth-order valence-corrected chi connectivity index (χ4v) is 8.40. The first kappa shape index (κ1) is 25.6. The zero-order chi connectivity index (χ0) is 27.0. The van der Waals surface area contributed by atoms with Crippen molar-refractivity contribution in [3.63, 3.8) is 0 Å². The lowest BCUT2D eigenvalue weighted by Crippen LogP contribution is -2.61. The van der Waals surface area contributed by atoms with Crippen LogP contribution >= 0.6 is 0 Å². The van der Waals surface area contributed by atoms with E-state index in [1.807, 2.05) is 0 Å². The molecule has 0 unspecified atom stereocenters. The topological polar surface area (TPSA) is 125 Å². The van der Waals surface area contributed by atoms with Crippen LogP contribution in [0.5, 0.6) is 0 Å². The Morgan fingerprint density at radius 1 is 0.947 bits per heavy atom. The molecule has 6 aliphatic rings. The summed E-state index contributed by atoms with van der Waals surface area (Å²) in [4.78, 5) is 37.8. The van der Waals surface area contributed by atoms with Crippen molar-refractivity contribution in [1.29, 1.82) is 0 Å². The third-order valence-corrected chi connectivity index (χ3v) is 9.77. The van der Waals surface area contributed by atoms with Crippen molar-refractivity contribution in [2.45, 2.75) is 68.9 Å². The number of hydrogen-bond acceptors (Lipinski definition) is 7. The number of rotatable bonds is 8. The summed E-state index contributed by atoms with van der Waals surface area (Å²) in [6.07, 6.45) is 4.37. The van der Waals surface area contributed by atoms with Gasteiger partial charge in [-0.2, -0.15) is 0 Å². The highest BCUT2D eigenvalue weighted by Crippen LogP contribution is 2.67. The van der Waals surface area contributed by atoms with Gasteiger partial charge in [0.1, 0.15) is 5.54 Å². The zero-order valence-electron chi connectivity index (χ0n) is 20.7. The molecule has 38 heavy (non-hydrogen) atoms. The monoisotopic (exact) mass is 537 g/mol. The minimum atomic E-state index is -2.72. The number of aliphatic carboxylic acids is 1. The van der Waals surface area contributed by atoms with Crippen LogP contribution in [0, 0.1) is 46.6 Å². The van der Waals surface area contributed by atoms with Crippen LogP contribution in [0.4, 0.5) is 13.2 Å². The van der Waals surface area contributed by atoms with Crippen molar-refractivity contribution in [3.8, 4) is 0 Å². The Kier molecular flexibility index (Phi) is 5.85. The summed E-state index contributed by atoms with van der Waals surface area (Å²) in [6, 6.07) is 3.12. The average Bonchev–Trinajstić information content (AvgIpc) is 3.34. The molecule has 7 rings (SSSR count). The van der Waals surface area contributed by atoms with Crippen LogP contribution in [0.15, 0.2) is 18.2 Å². The maximum atomic E-state index is 15.2. The van der Waals surface area contributed by atoms with Gasteiger partial charge in [-0.25, -0.2) is 22.8 Å². The van der Waals surface area contributed by atoms with Crippen molar-refractivity contribution < 1.29 is 46.9 Å². The molecule has 0 amide bonds. The molecule has 206 valence electrons. The number of halogens is 3. The maximum absolute atomic E-state index is 15.2. The average molecular weight is 538 g/mol. The summed E-state index contributed by atoms with van der Waals surface area (Å²) in [6.45, 7) is -1.00. The Morgan fingerprint density at radius 3 is 2.13 bits per heavy atom. The largest absolute Gasteiger partial charge is 0.479 e. The molecule has 3 N–H and O–H groups in total. The number of carboxylic acids is 1. The molecule has 0 aromatic heterocycles. The summed E-state index contributed by atoms with van der Waals surface area (Å²) in [5, 5.41) is 9.41. The molecule has 0 spiro atoms. The van der Waals surface area contributed by atoms with Crippen LogP contribution < -0.4 is 5.73 Å². The van der Waals surface area contributed by atoms with Gasteiger partial charge in [-0.1, -0.05) is 6.07 Å². The molecule has 0 aliphatic heterocycles. The highest BCUT2D eigenvalue weighted by molar-refractivity contribution is 5.91. The summed E-state index contributed by atoms with van der Waals surface area (Å²) in [5.74, 6) is -6.38. The minimum absolute atomic E-state index is 0.185. The number of carbonyl (C=O) groups is 3. The van der Waals surface area contributed by atoms with Crippen molar-refractivity contribution in [3.05, 3.63) is 35.4 Å². The van der Waals surface area contributed by atoms with E-state index in [2.05, 4.69) is 0 Å². The first-order valence-corrected chi connectivity index (χ1v) is 13.1. The fraction of sp³-hybridized carbons (Fsp3) is 0.667. The van der Waals surface area contributed by atoms with Gasteiger partial charge in [0, 0.05) is 11.8 Å². The Labute approximate surface area is 217 Å². The van der Waals surface area contributed by atoms with E-state index in [1.54, 1.807) is 0 Å². The van der Waals surface area contributed by atoms with Gasteiger partial charge in [-0.15, -0.1) is 0 Å². The second kappa shape index (κ2) is 8.67.